The van der Waals surface area contributed by atoms with Gasteiger partial charge in [0.1, 0.15) is 0 Å². The first-order valence-electron chi connectivity index (χ1n) is 5.35. The molecule has 1 unspecified atom stereocenters. The third-order valence-corrected chi connectivity index (χ3v) is 2.46. The van der Waals surface area contributed by atoms with Gasteiger partial charge in [-0.05, 0) is 24.6 Å². The van der Waals surface area contributed by atoms with Gasteiger partial charge in [-0.2, -0.15) is 0 Å². The fourth-order valence-corrected chi connectivity index (χ4v) is 1.37. The van der Waals surface area contributed by atoms with Crippen molar-refractivity contribution >= 4 is 0 Å². The first-order chi connectivity index (χ1) is 7.71. The molecule has 0 fully saturated rings. The summed E-state index contributed by atoms with van der Waals surface area (Å²) in [5.74, 6) is 1.50. The molecule has 0 heterocycles. The lowest BCUT2D eigenvalue weighted by Crippen LogP contribution is -2.32. The highest BCUT2D eigenvalue weighted by Gasteiger charge is 2.05. The van der Waals surface area contributed by atoms with Crippen molar-refractivity contribution in [1.29, 1.82) is 0 Å². The van der Waals surface area contributed by atoms with Gasteiger partial charge in [-0.25, -0.2) is 0 Å². The van der Waals surface area contributed by atoms with Gasteiger partial charge in [-0.15, -0.1) is 0 Å². The molecule has 90 valence electrons. The molecule has 0 spiro atoms. The van der Waals surface area contributed by atoms with Gasteiger partial charge >= 0.3 is 0 Å². The number of hydrogen-bond donors (Lipinski definition) is 2. The van der Waals surface area contributed by atoms with Crippen molar-refractivity contribution < 1.29 is 9.47 Å². The third-order valence-electron chi connectivity index (χ3n) is 2.46. The number of nitrogens with one attached hydrogen (secondary N) is 1. The van der Waals surface area contributed by atoms with Crippen LogP contribution in [0.25, 0.3) is 0 Å². The van der Waals surface area contributed by atoms with Crippen molar-refractivity contribution in [2.75, 3.05) is 20.8 Å². The number of rotatable bonds is 6. The summed E-state index contributed by atoms with van der Waals surface area (Å²) in [6.07, 6.45) is 0. The standard InChI is InChI=1S/C12H20N2O2/c1-9(7-13)14-8-10-4-5-11(15-2)12(6-10)16-3/h4-6,9,14H,7-8,13H2,1-3H3. The summed E-state index contributed by atoms with van der Waals surface area (Å²) in [5.41, 5.74) is 6.68. The van der Waals surface area contributed by atoms with Gasteiger partial charge in [0.05, 0.1) is 14.2 Å². The van der Waals surface area contributed by atoms with Crippen LogP contribution in [0.1, 0.15) is 12.5 Å². The smallest absolute Gasteiger partial charge is 0.161 e. The maximum Gasteiger partial charge on any atom is 0.161 e. The van der Waals surface area contributed by atoms with Crippen LogP contribution in [0.2, 0.25) is 0 Å². The van der Waals surface area contributed by atoms with Crippen LogP contribution < -0.4 is 20.5 Å². The summed E-state index contributed by atoms with van der Waals surface area (Å²) in [6.45, 7) is 3.47. The van der Waals surface area contributed by atoms with Gasteiger partial charge in [-0.1, -0.05) is 6.07 Å². The van der Waals surface area contributed by atoms with Crippen molar-refractivity contribution in [2.45, 2.75) is 19.5 Å². The molecule has 0 aliphatic heterocycles. The molecule has 0 bridgehead atoms. The Labute approximate surface area is 96.7 Å². The van der Waals surface area contributed by atoms with E-state index in [0.29, 0.717) is 12.6 Å². The normalized spacial score (nSPS) is 12.2. The lowest BCUT2D eigenvalue weighted by Gasteiger charge is -2.13. The Kier molecular flexibility index (Phi) is 5.08. The zero-order valence-electron chi connectivity index (χ0n) is 10.1. The Balaban J connectivity index is 2.67. The molecular formula is C12H20N2O2. The Morgan fingerprint density at radius 2 is 1.94 bits per heavy atom. The van der Waals surface area contributed by atoms with E-state index in [4.69, 9.17) is 15.2 Å². The SMILES string of the molecule is COc1ccc(CNC(C)CN)cc1OC. The zero-order valence-corrected chi connectivity index (χ0v) is 10.1. The molecule has 0 saturated carbocycles. The molecule has 1 aromatic carbocycles. The molecule has 0 saturated heterocycles. The van der Waals surface area contributed by atoms with Crippen LogP contribution in [-0.2, 0) is 6.54 Å². The largest absolute Gasteiger partial charge is 0.493 e. The minimum absolute atomic E-state index is 0.313. The second-order valence-electron chi connectivity index (χ2n) is 3.71. The Hall–Kier alpha value is -1.26. The molecule has 0 aromatic heterocycles. The van der Waals surface area contributed by atoms with Crippen LogP contribution in [-0.4, -0.2) is 26.8 Å². The molecule has 4 heteroatoms. The summed E-state index contributed by atoms with van der Waals surface area (Å²) in [4.78, 5) is 0. The summed E-state index contributed by atoms with van der Waals surface area (Å²) < 4.78 is 10.4. The van der Waals surface area contributed by atoms with Gasteiger partial charge in [-0.3, -0.25) is 0 Å². The molecule has 1 rings (SSSR count). The van der Waals surface area contributed by atoms with Crippen molar-refractivity contribution in [1.82, 2.24) is 5.32 Å². The Morgan fingerprint density at radius 1 is 1.25 bits per heavy atom. The molecule has 0 amide bonds. The van der Waals surface area contributed by atoms with Crippen LogP contribution in [0.3, 0.4) is 0 Å². The lowest BCUT2D eigenvalue weighted by atomic mass is 10.2. The van der Waals surface area contributed by atoms with E-state index in [1.807, 2.05) is 18.2 Å². The summed E-state index contributed by atoms with van der Waals surface area (Å²) in [7, 11) is 3.27. The van der Waals surface area contributed by atoms with Crippen molar-refractivity contribution in [3.05, 3.63) is 23.8 Å². The van der Waals surface area contributed by atoms with E-state index in [9.17, 15) is 0 Å². The lowest BCUT2D eigenvalue weighted by molar-refractivity contribution is 0.354. The highest BCUT2D eigenvalue weighted by Crippen LogP contribution is 2.27. The van der Waals surface area contributed by atoms with Crippen molar-refractivity contribution in [3.63, 3.8) is 0 Å². The highest BCUT2D eigenvalue weighted by atomic mass is 16.5. The van der Waals surface area contributed by atoms with E-state index in [1.54, 1.807) is 14.2 Å². The summed E-state index contributed by atoms with van der Waals surface area (Å²) >= 11 is 0. The van der Waals surface area contributed by atoms with E-state index in [0.717, 1.165) is 23.6 Å². The van der Waals surface area contributed by atoms with E-state index >= 15 is 0 Å². The third kappa shape index (κ3) is 3.40. The number of nitrogens with two attached hydrogens (primary N) is 1. The zero-order chi connectivity index (χ0) is 12.0. The van der Waals surface area contributed by atoms with Crippen LogP contribution in [0, 0.1) is 0 Å². The first kappa shape index (κ1) is 12.8. The molecule has 0 aliphatic rings. The van der Waals surface area contributed by atoms with Crippen LogP contribution in [0.5, 0.6) is 11.5 Å². The minimum atomic E-state index is 0.313. The maximum atomic E-state index is 5.53. The van der Waals surface area contributed by atoms with Crippen LogP contribution in [0.15, 0.2) is 18.2 Å². The molecule has 1 aromatic rings. The number of ether oxygens (including phenoxy) is 2. The van der Waals surface area contributed by atoms with Gasteiger partial charge in [0, 0.05) is 19.1 Å². The Morgan fingerprint density at radius 3 is 2.50 bits per heavy atom. The predicted octanol–water partition coefficient (Wildman–Crippen LogP) is 1.14. The second-order valence-corrected chi connectivity index (χ2v) is 3.71. The number of benzene rings is 1. The van der Waals surface area contributed by atoms with Gasteiger partial charge < -0.3 is 20.5 Å². The quantitative estimate of drug-likeness (QED) is 0.761. The van der Waals surface area contributed by atoms with E-state index in [1.165, 1.54) is 0 Å². The number of hydrogen-bond acceptors (Lipinski definition) is 4. The molecule has 4 nitrogen and oxygen atoms in total. The van der Waals surface area contributed by atoms with Crippen LogP contribution >= 0.6 is 0 Å². The monoisotopic (exact) mass is 224 g/mol. The van der Waals surface area contributed by atoms with E-state index in [-0.39, 0.29) is 0 Å². The molecule has 3 N–H and O–H groups in total. The van der Waals surface area contributed by atoms with Gasteiger partial charge in [0.15, 0.2) is 11.5 Å². The molecule has 0 radical (unpaired) electrons. The molecule has 1 atom stereocenters. The predicted molar refractivity (Wildman–Crippen MR) is 64.9 cm³/mol. The van der Waals surface area contributed by atoms with Crippen molar-refractivity contribution in [2.24, 2.45) is 5.73 Å². The van der Waals surface area contributed by atoms with Crippen molar-refractivity contribution in [3.8, 4) is 11.5 Å². The molecule has 0 aliphatic carbocycles. The Bertz CT molecular complexity index is 329. The average Bonchev–Trinajstić information content (AvgIpc) is 2.35. The van der Waals surface area contributed by atoms with Crippen LogP contribution in [0.4, 0.5) is 0 Å². The first-order valence-corrected chi connectivity index (χ1v) is 5.35. The second kappa shape index (κ2) is 6.35. The fourth-order valence-electron chi connectivity index (χ4n) is 1.37. The average molecular weight is 224 g/mol. The molecule has 16 heavy (non-hydrogen) atoms. The number of methoxy groups -OCH3 is 2. The summed E-state index contributed by atoms with van der Waals surface area (Å²) in [5, 5.41) is 3.32. The van der Waals surface area contributed by atoms with Gasteiger partial charge in [0.25, 0.3) is 0 Å². The van der Waals surface area contributed by atoms with Gasteiger partial charge in [0.2, 0.25) is 0 Å². The minimum Gasteiger partial charge on any atom is -0.493 e. The van der Waals surface area contributed by atoms with E-state index in [2.05, 4.69) is 12.2 Å². The molecular weight excluding hydrogens is 204 g/mol. The fraction of sp³-hybridized carbons (Fsp3) is 0.500. The highest BCUT2D eigenvalue weighted by molar-refractivity contribution is 5.42. The topological polar surface area (TPSA) is 56.5 Å². The summed E-state index contributed by atoms with van der Waals surface area (Å²) in [6, 6.07) is 6.20. The maximum absolute atomic E-state index is 5.53. The van der Waals surface area contributed by atoms with E-state index < -0.39 is 0 Å².